The lowest BCUT2D eigenvalue weighted by atomic mass is 10.1. The Labute approximate surface area is 185 Å². The first kappa shape index (κ1) is 22.7. The van der Waals surface area contributed by atoms with E-state index in [1.54, 1.807) is 26.2 Å². The quantitative estimate of drug-likeness (QED) is 0.578. The van der Waals surface area contributed by atoms with Crippen molar-refractivity contribution in [2.45, 2.75) is 26.8 Å². The van der Waals surface area contributed by atoms with E-state index in [0.717, 1.165) is 33.0 Å². The Morgan fingerprint density at radius 3 is 2.26 bits per heavy atom. The van der Waals surface area contributed by atoms with Gasteiger partial charge in [0.05, 0.1) is 19.1 Å². The van der Waals surface area contributed by atoms with Gasteiger partial charge in [0, 0.05) is 5.56 Å². The molecule has 1 amide bonds. The zero-order chi connectivity index (χ0) is 22.8. The first-order chi connectivity index (χ1) is 14.6. The number of hydrogen-bond acceptors (Lipinski definition) is 7. The van der Waals surface area contributed by atoms with Crippen LogP contribution >= 0.6 is 11.3 Å². The van der Waals surface area contributed by atoms with E-state index in [4.69, 9.17) is 4.74 Å². The lowest BCUT2D eigenvalue weighted by molar-refractivity contribution is -0.116. The molecule has 0 fully saturated rings. The molecule has 3 rings (SSSR count). The standard InChI is InChI=1S/C21H24N4O4S2/c1-13-10-14(2)12-17(11-13)25(31(5,27)28)15(3)19(26)22-21-24-23-20(30-21)16-6-8-18(29-4)9-7-16/h6-12,15H,1-5H3,(H,22,24,26)/t15-/m1/s1. The molecule has 0 unspecified atom stereocenters. The van der Waals surface area contributed by atoms with Gasteiger partial charge in [0.25, 0.3) is 0 Å². The van der Waals surface area contributed by atoms with Crippen LogP contribution in [0.1, 0.15) is 18.1 Å². The van der Waals surface area contributed by atoms with Gasteiger partial charge in [0.1, 0.15) is 16.8 Å². The van der Waals surface area contributed by atoms with Crippen LogP contribution in [-0.2, 0) is 14.8 Å². The number of nitrogens with zero attached hydrogens (tertiary/aromatic N) is 3. The van der Waals surface area contributed by atoms with E-state index < -0.39 is 22.0 Å². The minimum absolute atomic E-state index is 0.288. The van der Waals surface area contributed by atoms with Crippen LogP contribution in [0.3, 0.4) is 0 Å². The van der Waals surface area contributed by atoms with Crippen LogP contribution in [0.25, 0.3) is 10.6 Å². The Morgan fingerprint density at radius 1 is 1.10 bits per heavy atom. The Bertz CT molecular complexity index is 1170. The monoisotopic (exact) mass is 460 g/mol. The molecule has 0 aliphatic carbocycles. The van der Waals surface area contributed by atoms with Crippen molar-refractivity contribution in [1.29, 1.82) is 0 Å². The van der Waals surface area contributed by atoms with E-state index in [0.29, 0.717) is 10.7 Å². The number of carbonyl (C=O) groups excluding carboxylic acids is 1. The van der Waals surface area contributed by atoms with Crippen LogP contribution < -0.4 is 14.4 Å². The summed E-state index contributed by atoms with van der Waals surface area (Å²) >= 11 is 1.20. The minimum Gasteiger partial charge on any atom is -0.497 e. The number of sulfonamides is 1. The van der Waals surface area contributed by atoms with Crippen molar-refractivity contribution >= 4 is 38.1 Å². The Balaban J connectivity index is 1.82. The van der Waals surface area contributed by atoms with Gasteiger partial charge in [-0.25, -0.2) is 8.42 Å². The van der Waals surface area contributed by atoms with Crippen LogP contribution in [0.5, 0.6) is 5.75 Å². The fraction of sp³-hybridized carbons (Fsp3) is 0.286. The summed E-state index contributed by atoms with van der Waals surface area (Å²) in [5.74, 6) is 0.227. The van der Waals surface area contributed by atoms with E-state index in [9.17, 15) is 13.2 Å². The number of rotatable bonds is 7. The largest absolute Gasteiger partial charge is 0.497 e. The SMILES string of the molecule is COc1ccc(-c2nnc(NC(=O)[C@@H](C)N(c3cc(C)cc(C)c3)S(C)(=O)=O)s2)cc1. The van der Waals surface area contributed by atoms with Crippen LogP contribution in [-0.4, -0.2) is 43.9 Å². The molecule has 0 saturated heterocycles. The molecule has 1 N–H and O–H groups in total. The molecule has 10 heteroatoms. The summed E-state index contributed by atoms with van der Waals surface area (Å²) in [7, 11) is -2.11. The third-order valence-corrected chi connectivity index (χ3v) is 6.67. The Morgan fingerprint density at radius 2 is 1.71 bits per heavy atom. The van der Waals surface area contributed by atoms with Crippen molar-refractivity contribution in [2.75, 3.05) is 23.0 Å². The van der Waals surface area contributed by atoms with Crippen LogP contribution in [0.4, 0.5) is 10.8 Å². The average molecular weight is 461 g/mol. The first-order valence-corrected chi connectivity index (χ1v) is 12.1. The molecule has 0 saturated carbocycles. The highest BCUT2D eigenvalue weighted by Gasteiger charge is 2.30. The molecule has 3 aromatic rings. The van der Waals surface area contributed by atoms with Gasteiger partial charge in [-0.3, -0.25) is 14.4 Å². The third kappa shape index (κ3) is 5.39. The zero-order valence-corrected chi connectivity index (χ0v) is 19.5. The van der Waals surface area contributed by atoms with Crippen LogP contribution in [0.15, 0.2) is 42.5 Å². The molecule has 2 aromatic carbocycles. The summed E-state index contributed by atoms with van der Waals surface area (Å²) in [6.45, 7) is 5.30. The van der Waals surface area contributed by atoms with Crippen molar-refractivity contribution < 1.29 is 17.9 Å². The Hall–Kier alpha value is -2.98. The van der Waals surface area contributed by atoms with E-state index >= 15 is 0 Å². The predicted octanol–water partition coefficient (Wildman–Crippen LogP) is 3.62. The molecule has 0 aliphatic heterocycles. The normalized spacial score (nSPS) is 12.3. The number of aryl methyl sites for hydroxylation is 2. The zero-order valence-electron chi connectivity index (χ0n) is 17.9. The van der Waals surface area contributed by atoms with Crippen LogP contribution in [0, 0.1) is 13.8 Å². The highest BCUT2D eigenvalue weighted by Crippen LogP contribution is 2.29. The van der Waals surface area contributed by atoms with Crippen molar-refractivity contribution in [1.82, 2.24) is 10.2 Å². The van der Waals surface area contributed by atoms with Gasteiger partial charge in [-0.2, -0.15) is 0 Å². The van der Waals surface area contributed by atoms with E-state index in [2.05, 4.69) is 15.5 Å². The number of anilines is 2. The van der Waals surface area contributed by atoms with Crippen LogP contribution in [0.2, 0.25) is 0 Å². The molecule has 1 aromatic heterocycles. The van der Waals surface area contributed by atoms with Crippen molar-refractivity contribution in [2.24, 2.45) is 0 Å². The van der Waals surface area contributed by atoms with Gasteiger partial charge >= 0.3 is 0 Å². The number of carbonyl (C=O) groups is 1. The third-order valence-electron chi connectivity index (χ3n) is 4.54. The lowest BCUT2D eigenvalue weighted by Gasteiger charge is -2.28. The van der Waals surface area contributed by atoms with Gasteiger partial charge < -0.3 is 4.74 Å². The lowest BCUT2D eigenvalue weighted by Crippen LogP contribution is -2.45. The summed E-state index contributed by atoms with van der Waals surface area (Å²) in [5.41, 5.74) is 3.09. The van der Waals surface area contributed by atoms with Gasteiger partial charge in [0.2, 0.25) is 21.1 Å². The Kier molecular flexibility index (Phi) is 6.61. The number of amides is 1. The maximum Gasteiger partial charge on any atom is 0.249 e. The second kappa shape index (κ2) is 9.03. The van der Waals surface area contributed by atoms with Gasteiger partial charge in [-0.1, -0.05) is 17.4 Å². The smallest absolute Gasteiger partial charge is 0.249 e. The molecule has 31 heavy (non-hydrogen) atoms. The predicted molar refractivity (Wildman–Crippen MR) is 123 cm³/mol. The number of benzene rings is 2. The second-order valence-corrected chi connectivity index (χ2v) is 10.0. The number of ether oxygens (including phenoxy) is 1. The molecular weight excluding hydrogens is 436 g/mol. The summed E-state index contributed by atoms with van der Waals surface area (Å²) < 4.78 is 31.3. The van der Waals surface area contributed by atoms with E-state index in [-0.39, 0.29) is 5.13 Å². The summed E-state index contributed by atoms with van der Waals surface area (Å²) in [5, 5.41) is 11.7. The number of nitrogens with one attached hydrogen (secondary N) is 1. The number of methoxy groups -OCH3 is 1. The first-order valence-electron chi connectivity index (χ1n) is 9.45. The number of hydrogen-bond donors (Lipinski definition) is 1. The fourth-order valence-corrected chi connectivity index (χ4v) is 5.13. The van der Waals surface area contributed by atoms with Crippen molar-refractivity contribution in [3.05, 3.63) is 53.6 Å². The maximum absolute atomic E-state index is 12.9. The molecule has 164 valence electrons. The van der Waals surface area contributed by atoms with Gasteiger partial charge in [0.15, 0.2) is 0 Å². The average Bonchev–Trinajstić information content (AvgIpc) is 3.14. The highest BCUT2D eigenvalue weighted by molar-refractivity contribution is 7.92. The molecule has 1 atom stereocenters. The molecule has 0 radical (unpaired) electrons. The van der Waals surface area contributed by atoms with Gasteiger partial charge in [-0.05, 0) is 68.3 Å². The molecule has 1 heterocycles. The van der Waals surface area contributed by atoms with E-state index in [1.807, 2.05) is 44.2 Å². The highest BCUT2D eigenvalue weighted by atomic mass is 32.2. The summed E-state index contributed by atoms with van der Waals surface area (Å²) in [6, 6.07) is 11.8. The topological polar surface area (TPSA) is 101 Å². The molecule has 0 aliphatic rings. The second-order valence-electron chi connectivity index (χ2n) is 7.21. The number of aromatic nitrogens is 2. The van der Waals surface area contributed by atoms with E-state index in [1.165, 1.54) is 11.3 Å². The fourth-order valence-electron chi connectivity index (χ4n) is 3.22. The summed E-state index contributed by atoms with van der Waals surface area (Å²) in [4.78, 5) is 12.9. The van der Waals surface area contributed by atoms with Crippen molar-refractivity contribution in [3.63, 3.8) is 0 Å². The minimum atomic E-state index is -3.70. The van der Waals surface area contributed by atoms with Crippen molar-refractivity contribution in [3.8, 4) is 16.3 Å². The molecule has 0 spiro atoms. The maximum atomic E-state index is 12.9. The van der Waals surface area contributed by atoms with Gasteiger partial charge in [-0.15, -0.1) is 10.2 Å². The molecular formula is C21H24N4O4S2. The molecule has 0 bridgehead atoms. The molecule has 8 nitrogen and oxygen atoms in total. The summed E-state index contributed by atoms with van der Waals surface area (Å²) in [6.07, 6.45) is 1.08.